The minimum Gasteiger partial charge on any atom is -0.436 e. The summed E-state index contributed by atoms with van der Waals surface area (Å²) in [5, 5.41) is 2.77. The molecule has 132 valence electrons. The Morgan fingerprint density at radius 2 is 1.81 bits per heavy atom. The van der Waals surface area contributed by atoms with E-state index < -0.39 is 0 Å². The maximum absolute atomic E-state index is 12.9. The first kappa shape index (κ1) is 16.7. The van der Waals surface area contributed by atoms with Crippen molar-refractivity contribution in [2.24, 2.45) is 0 Å². The molecule has 2 heterocycles. The molecule has 0 spiro atoms. The van der Waals surface area contributed by atoms with Gasteiger partial charge in [-0.2, -0.15) is 0 Å². The second kappa shape index (κ2) is 7.21. The molecule has 27 heavy (non-hydrogen) atoms. The number of hydrogen-bond acceptors (Lipinski definition) is 4. The van der Waals surface area contributed by atoms with Gasteiger partial charge in [0.1, 0.15) is 11.3 Å². The second-order valence-electron chi connectivity index (χ2n) is 5.81. The molecule has 0 atom stereocenters. The Bertz CT molecular complexity index is 1120. The Balaban J connectivity index is 1.50. The lowest BCUT2D eigenvalue weighted by molar-refractivity contribution is -0.111. The molecule has 4 aromatic rings. The number of hydrogen-bond donors (Lipinski definition) is 1. The summed E-state index contributed by atoms with van der Waals surface area (Å²) >= 11 is 0. The van der Waals surface area contributed by atoms with E-state index in [1.165, 1.54) is 18.2 Å². The van der Waals surface area contributed by atoms with Crippen molar-refractivity contribution in [3.05, 3.63) is 84.4 Å². The van der Waals surface area contributed by atoms with Gasteiger partial charge in [-0.1, -0.05) is 12.1 Å². The number of carbonyl (C=O) groups excluding carboxylic acids is 1. The Hall–Kier alpha value is -3.80. The van der Waals surface area contributed by atoms with Crippen molar-refractivity contribution in [3.63, 3.8) is 0 Å². The van der Waals surface area contributed by atoms with Crippen LogP contribution in [0.4, 0.5) is 10.1 Å². The Morgan fingerprint density at radius 1 is 1.04 bits per heavy atom. The fraction of sp³-hybridized carbons (Fsp3) is 0. The topological polar surface area (TPSA) is 68.0 Å². The summed E-state index contributed by atoms with van der Waals surface area (Å²) in [7, 11) is 0. The quantitative estimate of drug-likeness (QED) is 0.537. The highest BCUT2D eigenvalue weighted by molar-refractivity contribution is 6.02. The first-order valence-electron chi connectivity index (χ1n) is 8.23. The third-order valence-corrected chi connectivity index (χ3v) is 3.88. The molecule has 5 nitrogen and oxygen atoms in total. The second-order valence-corrected chi connectivity index (χ2v) is 5.81. The van der Waals surface area contributed by atoms with Crippen molar-refractivity contribution in [1.29, 1.82) is 0 Å². The fourth-order valence-electron chi connectivity index (χ4n) is 2.55. The number of fused-ring (bicyclic) bond motifs is 1. The number of rotatable bonds is 4. The summed E-state index contributed by atoms with van der Waals surface area (Å²) < 4.78 is 18.7. The van der Waals surface area contributed by atoms with Crippen LogP contribution in [0, 0.1) is 5.82 Å². The molecule has 2 aromatic heterocycles. The molecular formula is C21H14FN3O2. The number of pyridine rings is 1. The van der Waals surface area contributed by atoms with E-state index in [4.69, 9.17) is 4.42 Å². The molecule has 4 rings (SSSR count). The molecule has 1 amide bonds. The molecule has 6 heteroatoms. The number of oxazole rings is 1. The van der Waals surface area contributed by atoms with Crippen molar-refractivity contribution < 1.29 is 13.6 Å². The molecule has 0 saturated carbocycles. The van der Waals surface area contributed by atoms with Gasteiger partial charge in [0.05, 0.1) is 0 Å². The third kappa shape index (κ3) is 3.90. The maximum atomic E-state index is 12.9. The molecule has 0 saturated heterocycles. The fourth-order valence-corrected chi connectivity index (χ4v) is 2.55. The predicted octanol–water partition coefficient (Wildman–Crippen LogP) is 4.68. The number of benzene rings is 2. The van der Waals surface area contributed by atoms with E-state index in [1.807, 2.05) is 12.1 Å². The van der Waals surface area contributed by atoms with Gasteiger partial charge in [0.25, 0.3) is 0 Å². The number of carbonyl (C=O) groups is 1. The average molecular weight is 359 g/mol. The standard InChI is InChI=1S/C21H14FN3O2/c22-16-4-1-14(2-5-16)3-8-20(26)24-17-6-7-18-19(13-17)27-21(25-18)15-9-11-23-12-10-15/h1-13H,(H,24,26)/b8-3+. The monoisotopic (exact) mass is 359 g/mol. The number of halogens is 1. The summed E-state index contributed by atoms with van der Waals surface area (Å²) in [6, 6.07) is 14.8. The summed E-state index contributed by atoms with van der Waals surface area (Å²) in [5.74, 6) is -0.122. The SMILES string of the molecule is O=C(/C=C/c1ccc(F)cc1)Nc1ccc2nc(-c3ccncc3)oc2c1. The van der Waals surface area contributed by atoms with Gasteiger partial charge >= 0.3 is 0 Å². The minimum atomic E-state index is -0.317. The number of anilines is 1. The van der Waals surface area contributed by atoms with E-state index in [2.05, 4.69) is 15.3 Å². The molecule has 0 bridgehead atoms. The van der Waals surface area contributed by atoms with Crippen LogP contribution >= 0.6 is 0 Å². The van der Waals surface area contributed by atoms with Gasteiger partial charge in [-0.25, -0.2) is 9.37 Å². The van der Waals surface area contributed by atoms with E-state index in [0.29, 0.717) is 22.7 Å². The molecule has 0 fully saturated rings. The van der Waals surface area contributed by atoms with Crippen molar-refractivity contribution in [2.45, 2.75) is 0 Å². The molecule has 0 aliphatic carbocycles. The van der Waals surface area contributed by atoms with Gasteiger partial charge in [-0.15, -0.1) is 0 Å². The van der Waals surface area contributed by atoms with Gasteiger partial charge in [0.15, 0.2) is 5.58 Å². The largest absolute Gasteiger partial charge is 0.436 e. The summed E-state index contributed by atoms with van der Waals surface area (Å²) in [6.45, 7) is 0. The average Bonchev–Trinajstić information content (AvgIpc) is 3.12. The smallest absolute Gasteiger partial charge is 0.248 e. The van der Waals surface area contributed by atoms with E-state index in [0.717, 1.165) is 11.1 Å². The molecule has 0 aliphatic heterocycles. The van der Waals surface area contributed by atoms with Crippen LogP contribution in [0.25, 0.3) is 28.6 Å². The van der Waals surface area contributed by atoms with Gasteiger partial charge < -0.3 is 9.73 Å². The highest BCUT2D eigenvalue weighted by Gasteiger charge is 2.09. The highest BCUT2D eigenvalue weighted by atomic mass is 19.1. The molecule has 0 aliphatic rings. The first-order chi connectivity index (χ1) is 13.2. The van der Waals surface area contributed by atoms with Crippen LogP contribution in [-0.2, 0) is 4.79 Å². The van der Waals surface area contributed by atoms with Crippen molar-refractivity contribution in [3.8, 4) is 11.5 Å². The number of nitrogens with one attached hydrogen (secondary N) is 1. The van der Waals surface area contributed by atoms with Gasteiger partial charge in [0, 0.05) is 35.8 Å². The summed E-state index contributed by atoms with van der Waals surface area (Å²) in [6.07, 6.45) is 6.34. The van der Waals surface area contributed by atoms with Crippen LogP contribution < -0.4 is 5.32 Å². The van der Waals surface area contributed by atoms with Crippen molar-refractivity contribution in [1.82, 2.24) is 9.97 Å². The van der Waals surface area contributed by atoms with E-state index in [1.54, 1.807) is 48.8 Å². The number of amides is 1. The van der Waals surface area contributed by atoms with Gasteiger partial charge in [0.2, 0.25) is 11.8 Å². The normalized spacial score (nSPS) is 11.1. The highest BCUT2D eigenvalue weighted by Crippen LogP contribution is 2.25. The lowest BCUT2D eigenvalue weighted by atomic mass is 10.2. The van der Waals surface area contributed by atoms with E-state index in [9.17, 15) is 9.18 Å². The molecular weight excluding hydrogens is 345 g/mol. The van der Waals surface area contributed by atoms with E-state index in [-0.39, 0.29) is 11.7 Å². The van der Waals surface area contributed by atoms with Crippen LogP contribution in [0.2, 0.25) is 0 Å². The third-order valence-electron chi connectivity index (χ3n) is 3.88. The zero-order chi connectivity index (χ0) is 18.6. The van der Waals surface area contributed by atoms with Crippen molar-refractivity contribution >= 4 is 28.8 Å². The zero-order valence-electron chi connectivity index (χ0n) is 14.1. The maximum Gasteiger partial charge on any atom is 0.248 e. The van der Waals surface area contributed by atoms with E-state index >= 15 is 0 Å². The Morgan fingerprint density at radius 3 is 2.59 bits per heavy atom. The molecule has 0 radical (unpaired) electrons. The summed E-state index contributed by atoms with van der Waals surface area (Å²) in [5.41, 5.74) is 3.42. The molecule has 1 N–H and O–H groups in total. The first-order valence-corrected chi connectivity index (χ1v) is 8.23. The van der Waals surface area contributed by atoms with Crippen LogP contribution in [-0.4, -0.2) is 15.9 Å². The lowest BCUT2D eigenvalue weighted by Crippen LogP contribution is -2.07. The van der Waals surface area contributed by atoms with Crippen LogP contribution in [0.1, 0.15) is 5.56 Å². The van der Waals surface area contributed by atoms with Crippen molar-refractivity contribution in [2.75, 3.05) is 5.32 Å². The predicted molar refractivity (Wildman–Crippen MR) is 101 cm³/mol. The van der Waals surface area contributed by atoms with Crippen LogP contribution in [0.15, 0.2) is 77.5 Å². The Kier molecular flexibility index (Phi) is 4.45. The molecule has 0 unspecified atom stereocenters. The number of aromatic nitrogens is 2. The molecule has 2 aromatic carbocycles. The van der Waals surface area contributed by atoms with Gasteiger partial charge in [-0.05, 0) is 48.0 Å². The van der Waals surface area contributed by atoms with Gasteiger partial charge in [-0.3, -0.25) is 9.78 Å². The lowest BCUT2D eigenvalue weighted by Gasteiger charge is -2.01. The van der Waals surface area contributed by atoms with Crippen LogP contribution in [0.3, 0.4) is 0 Å². The van der Waals surface area contributed by atoms with Crippen LogP contribution in [0.5, 0.6) is 0 Å². The summed E-state index contributed by atoms with van der Waals surface area (Å²) in [4.78, 5) is 20.5. The Labute approximate surface area is 154 Å². The minimum absolute atomic E-state index is 0.299. The zero-order valence-corrected chi connectivity index (χ0v) is 14.1. The number of nitrogens with zero attached hydrogens (tertiary/aromatic N) is 2.